The number of rotatable bonds is 20. The van der Waals surface area contributed by atoms with Gasteiger partial charge in [0.05, 0.1) is 5.60 Å². The first-order chi connectivity index (χ1) is 20.3. The van der Waals surface area contributed by atoms with Gasteiger partial charge in [0, 0.05) is 13.5 Å². The minimum Gasteiger partial charge on any atom is -0.379 e. The zero-order valence-electron chi connectivity index (χ0n) is 29.5. The smallest absolute Gasteiger partial charge is 0.158 e. The maximum Gasteiger partial charge on any atom is 0.158 e. The van der Waals surface area contributed by atoms with Gasteiger partial charge in [0.2, 0.25) is 0 Å². The Labute approximate surface area is 266 Å². The third kappa shape index (κ3) is 24.2. The molecule has 0 aliphatic heterocycles. The molecule has 0 aliphatic rings. The summed E-state index contributed by atoms with van der Waals surface area (Å²) in [5, 5.41) is 0. The van der Waals surface area contributed by atoms with Gasteiger partial charge in [-0.05, 0) is 120 Å². The summed E-state index contributed by atoms with van der Waals surface area (Å²) in [4.78, 5) is 12.3. The molecule has 0 aromatic carbocycles. The molecule has 0 radical (unpaired) electrons. The Balaban J connectivity index is 4.58. The van der Waals surface area contributed by atoms with Gasteiger partial charge in [0.15, 0.2) is 5.78 Å². The zero-order valence-corrected chi connectivity index (χ0v) is 29.5. The molecule has 43 heavy (non-hydrogen) atoms. The highest BCUT2D eigenvalue weighted by Crippen LogP contribution is 2.17. The van der Waals surface area contributed by atoms with E-state index in [2.05, 4.69) is 109 Å². The van der Waals surface area contributed by atoms with E-state index in [0.717, 1.165) is 43.3 Å². The molecule has 0 aliphatic carbocycles. The van der Waals surface area contributed by atoms with Gasteiger partial charge in [0.25, 0.3) is 0 Å². The number of carbonyl (C=O) groups is 1. The molecule has 0 spiro atoms. The van der Waals surface area contributed by atoms with Gasteiger partial charge in [0.1, 0.15) is 0 Å². The molecular weight excluding hydrogens is 524 g/mol. The van der Waals surface area contributed by atoms with E-state index < -0.39 is 0 Å². The fourth-order valence-corrected chi connectivity index (χ4v) is 4.01. The summed E-state index contributed by atoms with van der Waals surface area (Å²) in [6.07, 6.45) is 35.8. The van der Waals surface area contributed by atoms with Crippen LogP contribution in [0.3, 0.4) is 0 Å². The Kier molecular flexibility index (Phi) is 21.9. The van der Waals surface area contributed by atoms with Crippen LogP contribution in [0.15, 0.2) is 118 Å². The van der Waals surface area contributed by atoms with Crippen LogP contribution in [-0.4, -0.2) is 18.5 Å². The highest BCUT2D eigenvalue weighted by molar-refractivity contribution is 5.95. The Morgan fingerprint density at radius 3 is 1.58 bits per heavy atom. The molecule has 0 bridgehead atoms. The van der Waals surface area contributed by atoms with Crippen molar-refractivity contribution in [1.82, 2.24) is 0 Å². The second-order valence-corrected chi connectivity index (χ2v) is 12.7. The van der Waals surface area contributed by atoms with E-state index in [1.54, 1.807) is 7.11 Å². The summed E-state index contributed by atoms with van der Waals surface area (Å²) < 4.78 is 5.40. The van der Waals surface area contributed by atoms with Crippen molar-refractivity contribution in [2.45, 2.75) is 126 Å². The minimum atomic E-state index is -0.269. The lowest BCUT2D eigenvalue weighted by atomic mass is 9.98. The van der Waals surface area contributed by atoms with Crippen molar-refractivity contribution in [1.29, 1.82) is 0 Å². The van der Waals surface area contributed by atoms with Crippen LogP contribution >= 0.6 is 0 Å². The highest BCUT2D eigenvalue weighted by atomic mass is 16.5. The molecule has 0 rings (SSSR count). The van der Waals surface area contributed by atoms with Crippen LogP contribution in [0.5, 0.6) is 0 Å². The lowest BCUT2D eigenvalue weighted by Gasteiger charge is -2.22. The molecule has 0 saturated heterocycles. The minimum absolute atomic E-state index is 0.164. The van der Waals surface area contributed by atoms with Crippen molar-refractivity contribution in [2.24, 2.45) is 0 Å². The third-order valence-corrected chi connectivity index (χ3v) is 7.38. The number of ether oxygens (including phenoxy) is 1. The van der Waals surface area contributed by atoms with Crippen LogP contribution in [0.4, 0.5) is 0 Å². The van der Waals surface area contributed by atoms with E-state index in [4.69, 9.17) is 4.74 Å². The number of carbonyl (C=O) groups excluding carboxylic acids is 1. The molecule has 0 aromatic heterocycles. The van der Waals surface area contributed by atoms with Crippen molar-refractivity contribution in [2.75, 3.05) is 7.11 Å². The fourth-order valence-electron chi connectivity index (χ4n) is 4.01. The predicted molar refractivity (Wildman–Crippen MR) is 192 cm³/mol. The normalized spacial score (nSPS) is 15.0. The van der Waals surface area contributed by atoms with Gasteiger partial charge in [-0.3, -0.25) is 4.79 Å². The predicted octanol–water partition coefficient (Wildman–Crippen LogP) is 12.4. The van der Waals surface area contributed by atoms with E-state index in [-0.39, 0.29) is 11.4 Å². The van der Waals surface area contributed by atoms with Crippen LogP contribution in [0, 0.1) is 0 Å². The van der Waals surface area contributed by atoms with Crippen LogP contribution in [-0.2, 0) is 9.53 Å². The Morgan fingerprint density at radius 2 is 1.05 bits per heavy atom. The van der Waals surface area contributed by atoms with E-state index in [1.165, 1.54) is 34.3 Å². The quantitative estimate of drug-likeness (QED) is 0.0805. The third-order valence-electron chi connectivity index (χ3n) is 7.38. The first-order valence-corrected chi connectivity index (χ1v) is 16.0. The molecular formula is C41H62O2. The number of methoxy groups -OCH3 is 1. The van der Waals surface area contributed by atoms with E-state index in [1.807, 2.05) is 39.0 Å². The van der Waals surface area contributed by atoms with E-state index >= 15 is 0 Å². The summed E-state index contributed by atoms with van der Waals surface area (Å²) in [7, 11) is 1.68. The highest BCUT2D eigenvalue weighted by Gasteiger charge is 2.18. The monoisotopic (exact) mass is 586 g/mol. The van der Waals surface area contributed by atoms with Gasteiger partial charge in [-0.15, -0.1) is 0 Å². The summed E-state index contributed by atoms with van der Waals surface area (Å²) in [5.74, 6) is 0.164. The molecule has 0 fully saturated rings. The maximum absolute atomic E-state index is 12.3. The van der Waals surface area contributed by atoms with Gasteiger partial charge < -0.3 is 4.74 Å². The molecule has 0 atom stereocenters. The van der Waals surface area contributed by atoms with E-state index in [0.29, 0.717) is 12.8 Å². The average Bonchev–Trinajstić information content (AvgIpc) is 2.93. The summed E-state index contributed by atoms with van der Waals surface area (Å²) >= 11 is 0. The standard InChI is InChI=1S/C41H62O2/c1-33(2)19-14-22-36(5)25-17-27-37(6)26-15-23-34(3)20-12-13-21-35(4)24-16-28-38(7)29-18-30-39(8)40(42)31-32-41(9,10)43-11/h12-13,16,18-21,24-26,28-30H,14-15,17,22-23,27,31-32H2,1-11H3/b13-12+,24-16+,29-18+,34-20+,35-21+,36-25+,37-26+,38-28+,39-30+. The molecule has 0 saturated carbocycles. The van der Waals surface area contributed by atoms with Gasteiger partial charge in [-0.25, -0.2) is 0 Å². The Morgan fingerprint density at radius 1 is 0.581 bits per heavy atom. The molecule has 2 heteroatoms. The molecule has 238 valence electrons. The van der Waals surface area contributed by atoms with Gasteiger partial charge in [-0.1, -0.05) is 112 Å². The molecule has 2 nitrogen and oxygen atoms in total. The molecule has 0 N–H and O–H groups in total. The van der Waals surface area contributed by atoms with Crippen LogP contribution < -0.4 is 0 Å². The van der Waals surface area contributed by atoms with Crippen molar-refractivity contribution in [3.05, 3.63) is 118 Å². The largest absolute Gasteiger partial charge is 0.379 e. The fraction of sp³-hybridized carbons (Fsp3) is 0.488. The van der Waals surface area contributed by atoms with Crippen molar-refractivity contribution < 1.29 is 9.53 Å². The van der Waals surface area contributed by atoms with Gasteiger partial charge >= 0.3 is 0 Å². The Hall–Kier alpha value is -2.97. The van der Waals surface area contributed by atoms with Crippen LogP contribution in [0.25, 0.3) is 0 Å². The van der Waals surface area contributed by atoms with Crippen molar-refractivity contribution in [3.8, 4) is 0 Å². The van der Waals surface area contributed by atoms with Crippen LogP contribution in [0.1, 0.15) is 121 Å². The average molecular weight is 587 g/mol. The number of allylic oxidation sites excluding steroid dienone is 20. The second kappa shape index (κ2) is 23.5. The first kappa shape index (κ1) is 40.0. The molecule has 0 aromatic rings. The van der Waals surface area contributed by atoms with Gasteiger partial charge in [-0.2, -0.15) is 0 Å². The van der Waals surface area contributed by atoms with Crippen molar-refractivity contribution >= 4 is 5.78 Å². The topological polar surface area (TPSA) is 26.3 Å². The first-order valence-electron chi connectivity index (χ1n) is 16.0. The number of Topliss-reactive ketones (excluding diaryl/α,β-unsaturated/α-hetero) is 1. The molecule has 0 heterocycles. The summed E-state index contributed by atoms with van der Waals surface area (Å²) in [6.45, 7) is 21.1. The zero-order chi connectivity index (χ0) is 32.7. The number of ketones is 1. The molecule has 0 unspecified atom stereocenters. The lowest BCUT2D eigenvalue weighted by Crippen LogP contribution is -2.23. The van der Waals surface area contributed by atoms with Crippen molar-refractivity contribution in [3.63, 3.8) is 0 Å². The summed E-state index contributed by atoms with van der Waals surface area (Å²) in [5.41, 5.74) is 8.61. The lowest BCUT2D eigenvalue weighted by molar-refractivity contribution is -0.116. The SMILES string of the molecule is COC(C)(C)CCC(=O)/C(C)=C/C=C/C(C)=C/C=C/C(C)=C/C=C/C=C(\C)CC/C=C(\C)CC/C=C(\C)CCC=C(C)C. The summed E-state index contributed by atoms with van der Waals surface area (Å²) in [6, 6.07) is 0. The van der Waals surface area contributed by atoms with E-state index in [9.17, 15) is 4.79 Å². The number of hydrogen-bond acceptors (Lipinski definition) is 2. The van der Waals surface area contributed by atoms with Crippen LogP contribution in [0.2, 0.25) is 0 Å². The Bertz CT molecular complexity index is 1150. The maximum atomic E-state index is 12.3. The number of hydrogen-bond donors (Lipinski definition) is 0. The second-order valence-electron chi connectivity index (χ2n) is 12.7. The molecule has 0 amide bonds.